The molecular weight excluding hydrogens is 402 g/mol. The van der Waals surface area contributed by atoms with Crippen molar-refractivity contribution in [3.05, 3.63) is 90.0 Å². The Hall–Kier alpha value is -3.93. The molecule has 1 heterocycles. The lowest BCUT2D eigenvalue weighted by atomic mass is 9.99. The molecular formula is C26H25N3O3. The van der Waals surface area contributed by atoms with Gasteiger partial charge in [-0.2, -0.15) is 0 Å². The second-order valence-electron chi connectivity index (χ2n) is 7.62. The van der Waals surface area contributed by atoms with Crippen molar-refractivity contribution in [1.29, 1.82) is 0 Å². The highest BCUT2D eigenvalue weighted by atomic mass is 16.4. The standard InChI is InChI=1S/C26H25N3O3/c1-2-3-9-23(27-22-16-14-21(15-17-22)26(30)31)18-10-12-20(13-11-18)25-29-28-24(32-25)19-7-5-4-6-8-19/h4-8,10-17,23,27H,2-3,9H2,1H3,(H,30,31). The van der Waals surface area contributed by atoms with Crippen molar-refractivity contribution in [2.75, 3.05) is 5.32 Å². The fourth-order valence-corrected chi connectivity index (χ4v) is 3.54. The van der Waals surface area contributed by atoms with E-state index in [0.29, 0.717) is 11.8 Å². The first-order valence-corrected chi connectivity index (χ1v) is 10.7. The summed E-state index contributed by atoms with van der Waals surface area (Å²) in [6.07, 6.45) is 3.14. The second-order valence-corrected chi connectivity index (χ2v) is 7.62. The van der Waals surface area contributed by atoms with Crippen LogP contribution in [0.5, 0.6) is 0 Å². The van der Waals surface area contributed by atoms with Crippen molar-refractivity contribution in [3.63, 3.8) is 0 Å². The third kappa shape index (κ3) is 5.03. The maximum Gasteiger partial charge on any atom is 0.335 e. The zero-order valence-corrected chi connectivity index (χ0v) is 17.9. The lowest BCUT2D eigenvalue weighted by molar-refractivity contribution is 0.0697. The van der Waals surface area contributed by atoms with Crippen LogP contribution in [0.4, 0.5) is 5.69 Å². The number of carbonyl (C=O) groups is 1. The van der Waals surface area contributed by atoms with Crippen LogP contribution in [0.2, 0.25) is 0 Å². The van der Waals surface area contributed by atoms with Crippen LogP contribution in [0.1, 0.15) is 48.1 Å². The minimum absolute atomic E-state index is 0.113. The number of rotatable bonds is 9. The van der Waals surface area contributed by atoms with Crippen LogP contribution in [-0.2, 0) is 0 Å². The Kier molecular flexibility index (Phi) is 6.60. The molecule has 1 atom stereocenters. The van der Waals surface area contributed by atoms with E-state index in [1.165, 1.54) is 0 Å². The Morgan fingerprint density at radius 1 is 0.906 bits per heavy atom. The van der Waals surface area contributed by atoms with Crippen LogP contribution in [0.25, 0.3) is 22.9 Å². The Balaban J connectivity index is 1.51. The number of hydrogen-bond acceptors (Lipinski definition) is 5. The van der Waals surface area contributed by atoms with Gasteiger partial charge < -0.3 is 14.8 Å². The van der Waals surface area contributed by atoms with Gasteiger partial charge in [0, 0.05) is 16.8 Å². The van der Waals surface area contributed by atoms with E-state index in [-0.39, 0.29) is 11.6 Å². The molecule has 0 saturated carbocycles. The summed E-state index contributed by atoms with van der Waals surface area (Å²) in [6.45, 7) is 2.17. The smallest absolute Gasteiger partial charge is 0.335 e. The van der Waals surface area contributed by atoms with E-state index in [4.69, 9.17) is 9.52 Å². The summed E-state index contributed by atoms with van der Waals surface area (Å²) in [5, 5.41) is 21.0. The van der Waals surface area contributed by atoms with E-state index in [1.54, 1.807) is 24.3 Å². The fraction of sp³-hybridized carbons (Fsp3) is 0.192. The van der Waals surface area contributed by atoms with E-state index in [9.17, 15) is 4.79 Å². The van der Waals surface area contributed by atoms with Crippen molar-refractivity contribution in [1.82, 2.24) is 10.2 Å². The molecule has 0 aliphatic heterocycles. The van der Waals surface area contributed by atoms with Gasteiger partial charge in [0.2, 0.25) is 11.8 Å². The Labute approximate surface area is 187 Å². The lowest BCUT2D eigenvalue weighted by Crippen LogP contribution is -2.11. The SMILES string of the molecule is CCCCC(Nc1ccc(C(=O)O)cc1)c1ccc(-c2nnc(-c3ccccc3)o2)cc1. The first-order chi connectivity index (χ1) is 15.6. The van der Waals surface area contributed by atoms with Gasteiger partial charge in [0.15, 0.2) is 0 Å². The summed E-state index contributed by atoms with van der Waals surface area (Å²) < 4.78 is 5.86. The van der Waals surface area contributed by atoms with Gasteiger partial charge in [-0.15, -0.1) is 10.2 Å². The molecule has 0 radical (unpaired) electrons. The molecule has 4 rings (SSSR count). The van der Waals surface area contributed by atoms with E-state index in [2.05, 4.69) is 34.6 Å². The maximum absolute atomic E-state index is 11.1. The van der Waals surface area contributed by atoms with Crippen LogP contribution in [0.15, 0.2) is 83.3 Å². The number of hydrogen-bond donors (Lipinski definition) is 2. The molecule has 3 aromatic carbocycles. The van der Waals surface area contributed by atoms with Gasteiger partial charge >= 0.3 is 5.97 Å². The number of carboxylic acid groups (broad SMARTS) is 1. The Morgan fingerprint density at radius 2 is 1.53 bits per heavy atom. The van der Waals surface area contributed by atoms with Crippen LogP contribution in [-0.4, -0.2) is 21.3 Å². The zero-order chi connectivity index (χ0) is 22.3. The highest BCUT2D eigenvalue weighted by Gasteiger charge is 2.14. The first-order valence-electron chi connectivity index (χ1n) is 10.7. The third-order valence-electron chi connectivity index (χ3n) is 5.32. The molecule has 162 valence electrons. The fourth-order valence-electron chi connectivity index (χ4n) is 3.54. The molecule has 6 heteroatoms. The van der Waals surface area contributed by atoms with Crippen molar-refractivity contribution in [3.8, 4) is 22.9 Å². The number of aromatic carboxylic acids is 1. The highest BCUT2D eigenvalue weighted by molar-refractivity contribution is 5.88. The van der Waals surface area contributed by atoms with Gasteiger partial charge in [-0.25, -0.2) is 4.79 Å². The van der Waals surface area contributed by atoms with Crippen LogP contribution in [0.3, 0.4) is 0 Å². The van der Waals surface area contributed by atoms with Gasteiger partial charge in [-0.05, 0) is 60.5 Å². The molecule has 1 aromatic heterocycles. The average Bonchev–Trinajstić information content (AvgIpc) is 3.33. The van der Waals surface area contributed by atoms with Crippen molar-refractivity contribution >= 4 is 11.7 Å². The number of aromatic nitrogens is 2. The lowest BCUT2D eigenvalue weighted by Gasteiger charge is -2.20. The van der Waals surface area contributed by atoms with Crippen molar-refractivity contribution in [2.45, 2.75) is 32.2 Å². The number of anilines is 1. The molecule has 0 amide bonds. The van der Waals surface area contributed by atoms with Gasteiger partial charge in [0.05, 0.1) is 11.6 Å². The quantitative estimate of drug-likeness (QED) is 0.319. The molecule has 0 bridgehead atoms. The summed E-state index contributed by atoms with van der Waals surface area (Å²) in [5.41, 5.74) is 4.07. The molecule has 1 unspecified atom stereocenters. The summed E-state index contributed by atoms with van der Waals surface area (Å²) in [6, 6.07) is 24.8. The second kappa shape index (κ2) is 9.92. The maximum atomic E-state index is 11.1. The number of benzene rings is 3. The predicted octanol–water partition coefficient (Wildman–Crippen LogP) is 6.45. The summed E-state index contributed by atoms with van der Waals surface area (Å²) >= 11 is 0. The molecule has 2 N–H and O–H groups in total. The topological polar surface area (TPSA) is 88.2 Å². The largest absolute Gasteiger partial charge is 0.478 e. The van der Waals surface area contributed by atoms with E-state index >= 15 is 0 Å². The zero-order valence-electron chi connectivity index (χ0n) is 17.9. The third-order valence-corrected chi connectivity index (χ3v) is 5.32. The number of nitrogens with one attached hydrogen (secondary N) is 1. The monoisotopic (exact) mass is 427 g/mol. The van der Waals surface area contributed by atoms with E-state index in [0.717, 1.165) is 41.6 Å². The Bertz CT molecular complexity index is 1150. The average molecular weight is 428 g/mol. The van der Waals surface area contributed by atoms with Crippen molar-refractivity contribution in [2.24, 2.45) is 0 Å². The normalized spacial score (nSPS) is 11.8. The van der Waals surface area contributed by atoms with E-state index in [1.807, 2.05) is 42.5 Å². The van der Waals surface area contributed by atoms with Crippen LogP contribution in [0, 0.1) is 0 Å². The summed E-state index contributed by atoms with van der Waals surface area (Å²) in [5.74, 6) is 0.0563. The minimum atomic E-state index is -0.925. The highest BCUT2D eigenvalue weighted by Crippen LogP contribution is 2.28. The Morgan fingerprint density at radius 3 is 2.12 bits per heavy atom. The summed E-state index contributed by atoms with van der Waals surface area (Å²) in [4.78, 5) is 11.1. The molecule has 0 saturated heterocycles. The molecule has 0 aliphatic carbocycles. The molecule has 32 heavy (non-hydrogen) atoms. The van der Waals surface area contributed by atoms with E-state index < -0.39 is 5.97 Å². The number of nitrogens with zero attached hydrogens (tertiary/aromatic N) is 2. The molecule has 6 nitrogen and oxygen atoms in total. The molecule has 4 aromatic rings. The van der Waals surface area contributed by atoms with Gasteiger partial charge in [0.1, 0.15) is 0 Å². The van der Waals surface area contributed by atoms with Gasteiger partial charge in [-0.3, -0.25) is 0 Å². The molecule has 0 aliphatic rings. The van der Waals surface area contributed by atoms with Crippen molar-refractivity contribution < 1.29 is 14.3 Å². The van der Waals surface area contributed by atoms with Gasteiger partial charge in [-0.1, -0.05) is 50.1 Å². The number of carboxylic acids is 1. The minimum Gasteiger partial charge on any atom is -0.478 e. The van der Waals surface area contributed by atoms with Gasteiger partial charge in [0.25, 0.3) is 0 Å². The molecule has 0 spiro atoms. The number of unbranched alkanes of at least 4 members (excludes halogenated alkanes) is 1. The first kappa shape index (κ1) is 21.3. The predicted molar refractivity (Wildman–Crippen MR) is 124 cm³/mol. The summed E-state index contributed by atoms with van der Waals surface area (Å²) in [7, 11) is 0. The van der Waals surface area contributed by atoms with Crippen LogP contribution >= 0.6 is 0 Å². The van der Waals surface area contributed by atoms with Crippen LogP contribution < -0.4 is 5.32 Å². The molecule has 0 fully saturated rings.